The van der Waals surface area contributed by atoms with Crippen molar-refractivity contribution in [2.24, 2.45) is 20.0 Å². The van der Waals surface area contributed by atoms with Crippen molar-refractivity contribution in [1.29, 1.82) is 0 Å². The molecule has 4 rings (SSSR count). The van der Waals surface area contributed by atoms with Crippen molar-refractivity contribution in [3.8, 4) is 23.0 Å². The van der Waals surface area contributed by atoms with E-state index in [4.69, 9.17) is 110 Å². The van der Waals surface area contributed by atoms with Gasteiger partial charge in [-0.3, -0.25) is 28.4 Å². The van der Waals surface area contributed by atoms with E-state index in [0.29, 0.717) is 68.5 Å². The molecule has 0 saturated heterocycles. The third-order valence-electron chi connectivity index (χ3n) is 8.97. The largest absolute Gasteiger partial charge is 0.871 e. The summed E-state index contributed by atoms with van der Waals surface area (Å²) in [5, 5.41) is 62.7. The fourth-order valence-corrected chi connectivity index (χ4v) is 7.43. The average Bonchev–Trinajstić information content (AvgIpc) is 2.70. The van der Waals surface area contributed by atoms with E-state index in [1.165, 1.54) is 49.1 Å². The Labute approximate surface area is 564 Å². The molecule has 502 valence electrons. The second-order valence-electron chi connectivity index (χ2n) is 15.6. The molecule has 0 amide bonds. The van der Waals surface area contributed by atoms with E-state index in [1.54, 1.807) is 24.3 Å². The number of aliphatic imine (C=N–C) groups is 4. The van der Waals surface area contributed by atoms with Gasteiger partial charge in [-0.25, -0.2) is 0 Å². The van der Waals surface area contributed by atoms with Crippen molar-refractivity contribution < 1.29 is 125 Å². The Balaban J connectivity index is -0.000000587. The number of nitrogens with one attached hydrogen (secondary N) is 4. The van der Waals surface area contributed by atoms with Crippen LogP contribution in [0.25, 0.3) is 0 Å². The first-order valence-electron chi connectivity index (χ1n) is 23.6. The molecular weight excluding hydrogens is 1500 g/mol. The van der Waals surface area contributed by atoms with Crippen LogP contribution in [0, 0.1) is 13.4 Å². The number of hydrogen-bond acceptors (Lipinski definition) is 16. The van der Waals surface area contributed by atoms with Gasteiger partial charge in [0.05, 0.1) is 22.2 Å². The smallest absolute Gasteiger partial charge is 0.458 e. The van der Waals surface area contributed by atoms with Crippen LogP contribution in [-0.4, -0.2) is 132 Å². The Morgan fingerprint density at radius 2 is 0.545 bits per heavy atom. The van der Waals surface area contributed by atoms with Crippen molar-refractivity contribution in [3.05, 3.63) is 124 Å². The molecule has 0 bridgehead atoms. The fraction of sp³-hybridized carbons (Fsp3) is 0.375. The van der Waals surface area contributed by atoms with Gasteiger partial charge >= 0.3 is 11.0 Å². The molecule has 0 fully saturated rings. The molecule has 4 N–H and O–H groups in total. The molecule has 4 aromatic rings. The summed E-state index contributed by atoms with van der Waals surface area (Å²) >= 11 is 39.0. The van der Waals surface area contributed by atoms with Gasteiger partial charge < -0.3 is 77.1 Å². The summed E-state index contributed by atoms with van der Waals surface area (Å²) in [6, 6.07) is 11.9. The van der Waals surface area contributed by atoms with Gasteiger partial charge in [-0.05, 0) is 123 Å². The van der Waals surface area contributed by atoms with Crippen LogP contribution in [0.3, 0.4) is 0 Å². The normalized spacial score (nSPS) is 12.0. The number of rotatable bonds is 26. The maximum absolute atomic E-state index is 11.8. The summed E-state index contributed by atoms with van der Waals surface area (Å²) < 4.78 is 156. The summed E-state index contributed by atoms with van der Waals surface area (Å²) in [6.07, 6.45) is 9.47. The Morgan fingerprint density at radius 3 is 0.693 bits per heavy atom. The van der Waals surface area contributed by atoms with E-state index in [9.17, 15) is 73.1 Å². The Kier molecular flexibility index (Phi) is 55.0. The zero-order chi connectivity index (χ0) is 66.0. The third kappa shape index (κ3) is 49.0. The van der Waals surface area contributed by atoms with E-state index in [0.717, 1.165) is 78.0 Å². The molecule has 0 aliphatic rings. The van der Waals surface area contributed by atoms with Gasteiger partial charge in [0.1, 0.15) is 0 Å². The molecule has 0 aliphatic heterocycles. The zero-order valence-electron chi connectivity index (χ0n) is 44.4. The van der Waals surface area contributed by atoms with Crippen LogP contribution in [0.15, 0.2) is 68.5 Å². The van der Waals surface area contributed by atoms with Crippen molar-refractivity contribution in [3.63, 3.8) is 0 Å². The molecule has 0 aromatic heterocycles. The number of benzene rings is 4. The summed E-state index contributed by atoms with van der Waals surface area (Å²) in [6.45, 7) is 2.88. The van der Waals surface area contributed by atoms with Crippen LogP contribution in [-0.2, 0) is 56.3 Å². The van der Waals surface area contributed by atoms with E-state index in [2.05, 4.69) is 41.2 Å². The topological polar surface area (TPSA) is 270 Å². The minimum Gasteiger partial charge on any atom is -0.871 e. The number of nitrogens with zero attached hydrogens (tertiary/aromatic N) is 4. The Morgan fingerprint density at radius 1 is 0.386 bits per heavy atom. The van der Waals surface area contributed by atoms with Crippen LogP contribution in [0.2, 0.25) is 40.2 Å². The molecule has 0 heterocycles. The molecule has 2 unspecified atom stereocenters. The molecule has 16 nitrogen and oxygen atoms in total. The average molecular weight is 1550 g/mol. The second kappa shape index (κ2) is 52.8. The standard InChI is InChI=1S/2C22H26Cl4N4O2.2CHF3O2S.2CF3.2Mn/c2*23-17-9-15(21(31)19(25)11-17)13-29-5-1-3-27-7-8-28-4-2-6-30-14-16-10-18(24)12-20(26)22(16)32;2*2-1(3,4)7(5)6;2*2-1(3)4;;/h2*9-14,27-28,31-32H,1-8H2;2*(H,5,6);;;;/q;;;;2*-1;;/p-6. The summed E-state index contributed by atoms with van der Waals surface area (Å²) in [5.41, 5.74) is -8.58. The second-order valence-corrected chi connectivity index (χ2v) is 20.8. The molecule has 0 aliphatic carbocycles. The van der Waals surface area contributed by atoms with E-state index in [1.807, 2.05) is 0 Å². The Bertz CT molecular complexity index is 2430. The van der Waals surface area contributed by atoms with E-state index in [-0.39, 0.29) is 77.2 Å². The van der Waals surface area contributed by atoms with Gasteiger partial charge in [0.2, 0.25) is 0 Å². The van der Waals surface area contributed by atoms with Gasteiger partial charge in [0.25, 0.3) is 0 Å². The van der Waals surface area contributed by atoms with Crippen LogP contribution in [0.4, 0.5) is 52.7 Å². The predicted octanol–water partition coefficient (Wildman–Crippen LogP) is 11.3. The molecule has 40 heteroatoms. The maximum Gasteiger partial charge on any atom is 0.458 e. The van der Waals surface area contributed by atoms with Crippen molar-refractivity contribution in [2.75, 3.05) is 78.5 Å². The van der Waals surface area contributed by atoms with Gasteiger partial charge in [-0.15, -0.1) is 0 Å². The van der Waals surface area contributed by atoms with Crippen LogP contribution >= 0.6 is 92.8 Å². The van der Waals surface area contributed by atoms with Gasteiger partial charge in [-0.2, -0.15) is 26.3 Å². The van der Waals surface area contributed by atoms with Gasteiger partial charge in [0, 0.05) is 152 Å². The molecule has 0 saturated carbocycles. The maximum atomic E-state index is 11.8. The van der Waals surface area contributed by atoms with E-state index < -0.39 is 46.5 Å². The SMILES string of the molecule is F[C-](F)F.F[C-](F)F.O=S([O-])C(F)(F)F.O=S([O-])C(F)(F)F.[Mn].[Mn].[O-]c1c(Cl)cc(Cl)cc1C=NCCCNCCNCCCN=Cc1cc(Cl)cc(Cl)c1[O-].[O-]c1c(Cl)cc(Cl)cc1C=NCCCNCCNCCCN=Cc1cc(Cl)cc(Cl)c1[O-]. The van der Waals surface area contributed by atoms with Gasteiger partial charge in [-0.1, -0.05) is 116 Å². The molecule has 0 spiro atoms. The summed E-state index contributed by atoms with van der Waals surface area (Å²) in [7, 11) is 0. The molecule has 88 heavy (non-hydrogen) atoms. The number of hydrogen-bond donors (Lipinski definition) is 4. The van der Waals surface area contributed by atoms with Crippen molar-refractivity contribution in [2.45, 2.75) is 36.7 Å². The summed E-state index contributed by atoms with van der Waals surface area (Å²) in [5.74, 6) is -1.06. The fourth-order valence-electron chi connectivity index (χ4n) is 5.39. The monoisotopic (exact) mass is 1550 g/mol. The predicted molar refractivity (Wildman–Crippen MR) is 307 cm³/mol. The van der Waals surface area contributed by atoms with Crippen molar-refractivity contribution in [1.82, 2.24) is 21.3 Å². The molecule has 2 radical (unpaired) electrons. The first kappa shape index (κ1) is 91.8. The van der Waals surface area contributed by atoms with Crippen LogP contribution < -0.4 is 41.7 Å². The third-order valence-corrected chi connectivity index (χ3v) is 11.7. The van der Waals surface area contributed by atoms with Crippen LogP contribution in [0.5, 0.6) is 23.0 Å². The molecule has 4 aromatic carbocycles. The number of halogens is 20. The Hall–Kier alpha value is -2.66. The first-order chi connectivity index (χ1) is 40.1. The number of alkyl halides is 6. The minimum absolute atomic E-state index is 0. The summed E-state index contributed by atoms with van der Waals surface area (Å²) in [4.78, 5) is 17.0. The van der Waals surface area contributed by atoms with Gasteiger partial charge in [0.15, 0.2) is 13.4 Å². The molecular formula is C48H48Cl8F12Mn2N8O8S2-8. The van der Waals surface area contributed by atoms with Crippen molar-refractivity contribution >= 4 is 140 Å². The quantitative estimate of drug-likeness (QED) is 0.0114. The minimum atomic E-state index is -5.08. The van der Waals surface area contributed by atoms with E-state index >= 15 is 0 Å². The van der Waals surface area contributed by atoms with Crippen LogP contribution in [0.1, 0.15) is 47.9 Å². The first-order valence-corrected chi connectivity index (χ1v) is 28.7. The zero-order valence-corrected chi connectivity index (χ0v) is 54.5. The molecule has 2 atom stereocenters.